The zero-order valence-corrected chi connectivity index (χ0v) is 30.5. The van der Waals surface area contributed by atoms with Gasteiger partial charge in [-0.1, -0.05) is 35.5 Å². The van der Waals surface area contributed by atoms with Gasteiger partial charge in [0, 0.05) is 49.0 Å². The second kappa shape index (κ2) is 18.2. The van der Waals surface area contributed by atoms with Crippen LogP contribution in [0.25, 0.3) is 30.4 Å². The molecule has 2 aliphatic heterocycles. The minimum absolute atomic E-state index is 0.0154. The van der Waals surface area contributed by atoms with Crippen LogP contribution < -0.4 is 10.6 Å². The molecule has 2 saturated heterocycles. The number of aromatic nitrogens is 4. The number of carboxylic acid groups (broad SMARTS) is 1. The number of carbonyl (C=O) groups excluding carboxylic acids is 2. The number of hydrogen-bond acceptors (Lipinski definition) is 9. The van der Waals surface area contributed by atoms with E-state index in [0.29, 0.717) is 0 Å². The lowest BCUT2D eigenvalue weighted by Crippen LogP contribution is -2.33. The minimum atomic E-state index is -0.250. The maximum atomic E-state index is 12.4. The Morgan fingerprint density at radius 1 is 0.686 bits per heavy atom. The van der Waals surface area contributed by atoms with Gasteiger partial charge < -0.3 is 25.5 Å². The van der Waals surface area contributed by atoms with E-state index in [1.165, 1.54) is 64.7 Å². The molecular formula is C37H46N8O4S2. The molecule has 0 atom stereocenters. The number of piperidine rings is 2. The van der Waals surface area contributed by atoms with E-state index in [2.05, 4.69) is 39.2 Å². The van der Waals surface area contributed by atoms with Crippen molar-refractivity contribution in [1.29, 1.82) is 0 Å². The number of rotatable bonds is 10. The van der Waals surface area contributed by atoms with E-state index < -0.39 is 0 Å². The summed E-state index contributed by atoms with van der Waals surface area (Å²) in [5.41, 5.74) is 3.67. The van der Waals surface area contributed by atoms with Crippen LogP contribution in [-0.2, 0) is 4.79 Å². The maximum Gasteiger partial charge on any atom is 0.290 e. The second-order valence-corrected chi connectivity index (χ2v) is 14.9. The Kier molecular flexibility index (Phi) is 13.0. The molecule has 12 nitrogen and oxygen atoms in total. The van der Waals surface area contributed by atoms with Gasteiger partial charge in [0.2, 0.25) is 0 Å². The highest BCUT2D eigenvalue weighted by Crippen LogP contribution is 2.27. The lowest BCUT2D eigenvalue weighted by molar-refractivity contribution is -0.122. The molecule has 51 heavy (non-hydrogen) atoms. The molecule has 6 heterocycles. The van der Waals surface area contributed by atoms with Gasteiger partial charge in [-0.2, -0.15) is 0 Å². The average Bonchev–Trinajstić information content (AvgIpc) is 3.95. The van der Waals surface area contributed by atoms with Gasteiger partial charge in [-0.25, -0.2) is 9.97 Å². The third-order valence-electron chi connectivity index (χ3n) is 9.35. The molecule has 2 fully saturated rings. The topological polar surface area (TPSA) is 137 Å². The van der Waals surface area contributed by atoms with Crippen molar-refractivity contribution < 1.29 is 19.5 Å². The summed E-state index contributed by atoms with van der Waals surface area (Å²) in [4.78, 5) is 48.6. The molecule has 8 rings (SSSR count). The highest BCUT2D eigenvalue weighted by molar-refractivity contribution is 7.24. The van der Waals surface area contributed by atoms with Crippen LogP contribution >= 0.6 is 22.7 Å². The third kappa shape index (κ3) is 9.50. The Morgan fingerprint density at radius 2 is 1.10 bits per heavy atom. The molecule has 4 aromatic heterocycles. The monoisotopic (exact) mass is 730 g/mol. The van der Waals surface area contributed by atoms with E-state index in [0.717, 1.165) is 80.5 Å². The van der Waals surface area contributed by atoms with Crippen molar-refractivity contribution in [2.45, 2.75) is 51.4 Å². The average molecular weight is 731 g/mol. The number of thiazole rings is 2. The summed E-state index contributed by atoms with van der Waals surface area (Å²) < 4.78 is 6.30. The lowest BCUT2D eigenvalue weighted by atomic mass is 10.1. The summed E-state index contributed by atoms with van der Waals surface area (Å²) in [5.74, 6) is 0.0307. The predicted octanol–water partition coefficient (Wildman–Crippen LogP) is 6.01. The molecule has 3 N–H and O–H groups in total. The number of likely N-dealkylation sites (tertiary alicyclic amines) is 2. The Labute approximate surface area is 305 Å². The molecular weight excluding hydrogens is 685 g/mol. The van der Waals surface area contributed by atoms with Crippen LogP contribution in [0.3, 0.4) is 0 Å². The van der Waals surface area contributed by atoms with Gasteiger partial charge in [-0.15, -0.1) is 0 Å². The van der Waals surface area contributed by atoms with Crippen LogP contribution in [0, 0.1) is 0 Å². The van der Waals surface area contributed by atoms with E-state index in [1.807, 2.05) is 48.8 Å². The van der Waals surface area contributed by atoms with E-state index in [4.69, 9.17) is 9.90 Å². The zero-order chi connectivity index (χ0) is 35.4. The Bertz CT molecular complexity index is 1890. The van der Waals surface area contributed by atoms with E-state index >= 15 is 0 Å². The Hall–Kier alpha value is -4.37. The summed E-state index contributed by atoms with van der Waals surface area (Å²) in [6.07, 6.45) is 17.5. The minimum Gasteiger partial charge on any atom is -0.483 e. The second-order valence-electron chi connectivity index (χ2n) is 12.9. The van der Waals surface area contributed by atoms with E-state index in [-0.39, 0.29) is 18.3 Å². The highest BCUT2D eigenvalue weighted by Gasteiger charge is 2.14. The van der Waals surface area contributed by atoms with Crippen LogP contribution in [-0.4, -0.2) is 104 Å². The fourth-order valence-corrected chi connectivity index (χ4v) is 8.79. The first kappa shape index (κ1) is 36.4. The van der Waals surface area contributed by atoms with Gasteiger partial charge in [-0.05, 0) is 114 Å². The number of benzene rings is 2. The molecule has 2 aromatic carbocycles. The van der Waals surface area contributed by atoms with Crippen molar-refractivity contribution in [3.05, 3.63) is 72.3 Å². The summed E-state index contributed by atoms with van der Waals surface area (Å²) in [6.45, 7) is 8.25. The van der Waals surface area contributed by atoms with Crippen LogP contribution in [0.1, 0.15) is 72.1 Å². The van der Waals surface area contributed by atoms with Gasteiger partial charge in [0.1, 0.15) is 0 Å². The fraction of sp³-hybridized carbons (Fsp3) is 0.432. The van der Waals surface area contributed by atoms with Crippen LogP contribution in [0.2, 0.25) is 0 Å². The Morgan fingerprint density at radius 3 is 1.51 bits per heavy atom. The molecule has 6 aromatic rings. The van der Waals surface area contributed by atoms with Gasteiger partial charge >= 0.3 is 0 Å². The highest BCUT2D eigenvalue weighted by atomic mass is 32.1. The molecule has 0 bridgehead atoms. The van der Waals surface area contributed by atoms with E-state index in [1.54, 1.807) is 35.1 Å². The van der Waals surface area contributed by atoms with Crippen LogP contribution in [0.15, 0.2) is 61.2 Å². The first-order valence-corrected chi connectivity index (χ1v) is 19.5. The molecule has 0 unspecified atom stereocenters. The number of fused-ring (bicyclic) bond motifs is 6. The standard InChI is InChI=1S/2C18H22N4OS.CH2O2/c2*23-17(19-7-4-11-21-9-2-1-3-10-21)14-5-6-15-16(13-14)24-18-20-8-12-22(15)18;2-1-3/h2*5-6,8,12-13H,1-4,7,9-11H2,(H,19,23);1H,(H,2,3). The number of imidazole rings is 2. The van der Waals surface area contributed by atoms with E-state index in [9.17, 15) is 9.59 Å². The van der Waals surface area contributed by atoms with Gasteiger partial charge in [-0.3, -0.25) is 23.2 Å². The summed E-state index contributed by atoms with van der Waals surface area (Å²) in [7, 11) is 0. The van der Waals surface area contributed by atoms with Crippen molar-refractivity contribution >= 4 is 71.3 Å². The van der Waals surface area contributed by atoms with Crippen molar-refractivity contribution in [1.82, 2.24) is 39.2 Å². The number of amides is 2. The summed E-state index contributed by atoms with van der Waals surface area (Å²) >= 11 is 3.22. The zero-order valence-electron chi connectivity index (χ0n) is 28.8. The quantitative estimate of drug-likeness (QED) is 0.115. The van der Waals surface area contributed by atoms with Gasteiger partial charge in [0.25, 0.3) is 18.3 Å². The summed E-state index contributed by atoms with van der Waals surface area (Å²) in [5, 5.41) is 13.0. The molecule has 270 valence electrons. The molecule has 0 spiro atoms. The largest absolute Gasteiger partial charge is 0.483 e. The third-order valence-corrected chi connectivity index (χ3v) is 11.4. The number of hydrogen-bond donors (Lipinski definition) is 3. The molecule has 2 aliphatic rings. The number of carbonyl (C=O) groups is 3. The van der Waals surface area contributed by atoms with Crippen molar-refractivity contribution in [2.75, 3.05) is 52.4 Å². The molecule has 14 heteroatoms. The van der Waals surface area contributed by atoms with Gasteiger partial charge in [0.05, 0.1) is 20.4 Å². The molecule has 0 aliphatic carbocycles. The smallest absolute Gasteiger partial charge is 0.290 e. The normalized spacial score (nSPS) is 15.3. The molecule has 0 saturated carbocycles. The van der Waals surface area contributed by atoms with Crippen molar-refractivity contribution in [2.24, 2.45) is 0 Å². The lowest BCUT2D eigenvalue weighted by Gasteiger charge is -2.26. The number of nitrogens with zero attached hydrogens (tertiary/aromatic N) is 6. The molecule has 2 amide bonds. The summed E-state index contributed by atoms with van der Waals surface area (Å²) in [6, 6.07) is 11.7. The Balaban J connectivity index is 0.000000163. The first-order chi connectivity index (χ1) is 25.0. The van der Waals surface area contributed by atoms with Crippen molar-refractivity contribution in [3.8, 4) is 0 Å². The van der Waals surface area contributed by atoms with Crippen LogP contribution in [0.4, 0.5) is 0 Å². The number of nitrogens with one attached hydrogen (secondary N) is 2. The van der Waals surface area contributed by atoms with Gasteiger partial charge in [0.15, 0.2) is 9.92 Å². The van der Waals surface area contributed by atoms with Crippen LogP contribution in [0.5, 0.6) is 0 Å². The molecule has 0 radical (unpaired) electrons. The SMILES string of the molecule is O=C(NCCCN1CCCCC1)c1ccc2c(c1)sc1nccn12.O=C(NCCCN1CCCCC1)c1ccc2c(c1)sc1nccn12.O=CO. The predicted molar refractivity (Wildman–Crippen MR) is 204 cm³/mol. The van der Waals surface area contributed by atoms with Crippen molar-refractivity contribution in [3.63, 3.8) is 0 Å². The first-order valence-electron chi connectivity index (χ1n) is 17.8. The fourth-order valence-electron chi connectivity index (χ4n) is 6.75. The maximum absolute atomic E-state index is 12.4.